The summed E-state index contributed by atoms with van der Waals surface area (Å²) in [5.74, 6) is -1.36. The molecule has 0 aromatic heterocycles. The number of carboxylic acids is 1. The van der Waals surface area contributed by atoms with E-state index in [0.717, 1.165) is 0 Å². The summed E-state index contributed by atoms with van der Waals surface area (Å²) in [6.07, 6.45) is 0. The number of hydrogen-bond donors (Lipinski definition) is 3. The van der Waals surface area contributed by atoms with Crippen molar-refractivity contribution in [3.8, 4) is 0 Å². The van der Waals surface area contributed by atoms with Crippen LogP contribution in [-0.2, 0) is 0 Å². The van der Waals surface area contributed by atoms with Gasteiger partial charge < -0.3 is 16.2 Å². The second-order valence-electron chi connectivity index (χ2n) is 4.14. The van der Waals surface area contributed by atoms with Crippen LogP contribution in [0.3, 0.4) is 0 Å². The molecule has 2 aromatic carbocycles. The summed E-state index contributed by atoms with van der Waals surface area (Å²) in [7, 11) is 0. The van der Waals surface area contributed by atoms with Gasteiger partial charge >= 0.3 is 5.97 Å². The highest BCUT2D eigenvalue weighted by Crippen LogP contribution is 2.27. The Hall–Kier alpha value is -2.56. The van der Waals surface area contributed by atoms with Crippen LogP contribution in [0.2, 0.25) is 0 Å². The number of nitrogen functional groups attached to an aromatic ring is 1. The third-order valence-electron chi connectivity index (χ3n) is 2.84. The van der Waals surface area contributed by atoms with Crippen LogP contribution in [0.25, 0.3) is 0 Å². The van der Waals surface area contributed by atoms with Crippen LogP contribution in [-0.4, -0.2) is 11.1 Å². The fraction of sp³-hybridized carbons (Fsp3) is 0.0714. The lowest BCUT2D eigenvalue weighted by Gasteiger charge is -2.12. The normalized spacial score (nSPS) is 10.2. The molecular weight excluding hydrogens is 247 g/mol. The van der Waals surface area contributed by atoms with E-state index in [-0.39, 0.29) is 11.4 Å². The Kier molecular flexibility index (Phi) is 3.37. The first-order valence-corrected chi connectivity index (χ1v) is 5.64. The molecule has 0 aliphatic rings. The van der Waals surface area contributed by atoms with Gasteiger partial charge in [-0.2, -0.15) is 0 Å². The van der Waals surface area contributed by atoms with Gasteiger partial charge in [-0.05, 0) is 37.3 Å². The predicted molar refractivity (Wildman–Crippen MR) is 72.2 cm³/mol. The van der Waals surface area contributed by atoms with Gasteiger partial charge in [-0.15, -0.1) is 0 Å². The third kappa shape index (κ3) is 2.65. The molecule has 0 atom stereocenters. The molecule has 2 rings (SSSR count). The summed E-state index contributed by atoms with van der Waals surface area (Å²) in [6.45, 7) is 1.65. The lowest BCUT2D eigenvalue weighted by molar-refractivity contribution is 0.0697. The Morgan fingerprint density at radius 2 is 2.00 bits per heavy atom. The molecule has 0 saturated carbocycles. The van der Waals surface area contributed by atoms with Crippen molar-refractivity contribution in [1.82, 2.24) is 0 Å². The molecule has 0 amide bonds. The number of anilines is 3. The topological polar surface area (TPSA) is 75.3 Å². The van der Waals surface area contributed by atoms with Crippen LogP contribution in [0.5, 0.6) is 0 Å². The van der Waals surface area contributed by atoms with Gasteiger partial charge in [0, 0.05) is 11.3 Å². The van der Waals surface area contributed by atoms with Crippen molar-refractivity contribution in [2.75, 3.05) is 11.1 Å². The maximum atomic E-state index is 13.4. The summed E-state index contributed by atoms with van der Waals surface area (Å²) in [4.78, 5) is 10.8. The van der Waals surface area contributed by atoms with E-state index < -0.39 is 5.97 Å². The van der Waals surface area contributed by atoms with Crippen LogP contribution in [0.15, 0.2) is 36.4 Å². The molecule has 0 fully saturated rings. The van der Waals surface area contributed by atoms with Crippen molar-refractivity contribution in [3.05, 3.63) is 53.3 Å². The van der Waals surface area contributed by atoms with Crippen LogP contribution in [0.4, 0.5) is 21.5 Å². The third-order valence-corrected chi connectivity index (χ3v) is 2.84. The lowest BCUT2D eigenvalue weighted by atomic mass is 10.1. The van der Waals surface area contributed by atoms with Gasteiger partial charge in [0.1, 0.15) is 5.82 Å². The molecule has 4 N–H and O–H groups in total. The van der Waals surface area contributed by atoms with Gasteiger partial charge in [-0.1, -0.05) is 6.07 Å². The minimum atomic E-state index is -1.04. The van der Waals surface area contributed by atoms with E-state index in [4.69, 9.17) is 10.8 Å². The number of nitrogens with one attached hydrogen (secondary N) is 1. The molecule has 0 heterocycles. The molecule has 0 aliphatic heterocycles. The van der Waals surface area contributed by atoms with E-state index in [1.165, 1.54) is 18.2 Å². The number of carbonyl (C=O) groups is 1. The van der Waals surface area contributed by atoms with E-state index in [0.29, 0.717) is 22.6 Å². The van der Waals surface area contributed by atoms with E-state index in [1.807, 2.05) is 0 Å². The van der Waals surface area contributed by atoms with E-state index in [2.05, 4.69) is 5.32 Å². The van der Waals surface area contributed by atoms with Crippen molar-refractivity contribution in [1.29, 1.82) is 0 Å². The van der Waals surface area contributed by atoms with Gasteiger partial charge in [0.25, 0.3) is 0 Å². The first-order chi connectivity index (χ1) is 8.99. The second kappa shape index (κ2) is 4.97. The Labute approximate surface area is 109 Å². The number of carboxylic acid groups (broad SMARTS) is 1. The number of benzene rings is 2. The Morgan fingerprint density at radius 3 is 2.63 bits per heavy atom. The molecule has 0 aliphatic carbocycles. The zero-order valence-corrected chi connectivity index (χ0v) is 10.3. The minimum absolute atomic E-state index is 0.110. The lowest BCUT2D eigenvalue weighted by Crippen LogP contribution is -2.02. The average molecular weight is 260 g/mol. The largest absolute Gasteiger partial charge is 0.478 e. The molecule has 0 bridgehead atoms. The second-order valence-corrected chi connectivity index (χ2v) is 4.14. The van der Waals surface area contributed by atoms with Crippen LogP contribution < -0.4 is 11.1 Å². The van der Waals surface area contributed by atoms with Gasteiger partial charge in [0.15, 0.2) is 0 Å². The SMILES string of the molecule is Cc1c(F)cccc1Nc1ccc(C(=O)O)cc1N. The zero-order valence-electron chi connectivity index (χ0n) is 10.3. The molecule has 19 heavy (non-hydrogen) atoms. The molecule has 4 nitrogen and oxygen atoms in total. The maximum Gasteiger partial charge on any atom is 0.335 e. The molecule has 0 unspecified atom stereocenters. The molecule has 5 heteroatoms. The van der Waals surface area contributed by atoms with Crippen molar-refractivity contribution in [2.45, 2.75) is 6.92 Å². The highest BCUT2D eigenvalue weighted by atomic mass is 19.1. The minimum Gasteiger partial charge on any atom is -0.478 e. The highest BCUT2D eigenvalue weighted by molar-refractivity contribution is 5.90. The molecular formula is C14H13FN2O2. The van der Waals surface area contributed by atoms with Gasteiger partial charge in [-0.3, -0.25) is 0 Å². The monoisotopic (exact) mass is 260 g/mol. The van der Waals surface area contributed by atoms with Crippen molar-refractivity contribution < 1.29 is 14.3 Å². The summed E-state index contributed by atoms with van der Waals surface area (Å²) in [6, 6.07) is 9.05. The molecule has 98 valence electrons. The van der Waals surface area contributed by atoms with Gasteiger partial charge in [-0.25, -0.2) is 9.18 Å². The molecule has 0 saturated heterocycles. The zero-order chi connectivity index (χ0) is 14.0. The van der Waals surface area contributed by atoms with Crippen molar-refractivity contribution in [2.24, 2.45) is 0 Å². The summed E-state index contributed by atoms with van der Waals surface area (Å²) in [5.41, 5.74) is 7.79. The molecule has 0 radical (unpaired) electrons. The fourth-order valence-electron chi connectivity index (χ4n) is 1.70. The standard InChI is InChI=1S/C14H13FN2O2/c1-8-10(15)3-2-4-12(8)17-13-6-5-9(14(18)19)7-11(13)16/h2-7,17H,16H2,1H3,(H,18,19). The Balaban J connectivity index is 2.34. The fourth-order valence-corrected chi connectivity index (χ4v) is 1.70. The highest BCUT2D eigenvalue weighted by Gasteiger charge is 2.08. The first-order valence-electron chi connectivity index (χ1n) is 5.64. The van der Waals surface area contributed by atoms with Crippen molar-refractivity contribution in [3.63, 3.8) is 0 Å². The van der Waals surface area contributed by atoms with Gasteiger partial charge in [0.2, 0.25) is 0 Å². The Bertz CT molecular complexity index is 641. The van der Waals surface area contributed by atoms with Gasteiger partial charge in [0.05, 0.1) is 16.9 Å². The van der Waals surface area contributed by atoms with E-state index >= 15 is 0 Å². The van der Waals surface area contributed by atoms with E-state index in [9.17, 15) is 9.18 Å². The van der Waals surface area contributed by atoms with Crippen LogP contribution >= 0.6 is 0 Å². The van der Waals surface area contributed by atoms with Crippen LogP contribution in [0, 0.1) is 12.7 Å². The Morgan fingerprint density at radius 1 is 1.26 bits per heavy atom. The number of halogens is 1. The summed E-state index contributed by atoms with van der Waals surface area (Å²) in [5, 5.41) is 11.8. The smallest absolute Gasteiger partial charge is 0.335 e. The number of hydrogen-bond acceptors (Lipinski definition) is 3. The predicted octanol–water partition coefficient (Wildman–Crippen LogP) is 3.16. The quantitative estimate of drug-likeness (QED) is 0.741. The average Bonchev–Trinajstić information content (AvgIpc) is 2.37. The number of nitrogens with two attached hydrogens (primary N) is 1. The summed E-state index contributed by atoms with van der Waals surface area (Å²) < 4.78 is 13.4. The summed E-state index contributed by atoms with van der Waals surface area (Å²) >= 11 is 0. The van der Waals surface area contributed by atoms with Crippen LogP contribution in [0.1, 0.15) is 15.9 Å². The maximum absolute atomic E-state index is 13.4. The van der Waals surface area contributed by atoms with E-state index in [1.54, 1.807) is 25.1 Å². The molecule has 2 aromatic rings. The number of rotatable bonds is 3. The first kappa shape index (κ1) is 12.9. The number of aromatic carboxylic acids is 1. The van der Waals surface area contributed by atoms with Crippen molar-refractivity contribution >= 4 is 23.0 Å². The molecule has 0 spiro atoms.